The minimum Gasteiger partial charge on any atom is -0.316 e. The molecule has 0 bridgehead atoms. The zero-order valence-corrected chi connectivity index (χ0v) is 11.6. The summed E-state index contributed by atoms with van der Waals surface area (Å²) < 4.78 is 0. The lowest BCUT2D eigenvalue weighted by Gasteiger charge is -2.16. The number of thiazole rings is 1. The summed E-state index contributed by atoms with van der Waals surface area (Å²) in [6, 6.07) is 1.97. The molecule has 1 saturated carbocycles. The molecule has 3 heterocycles. The largest absolute Gasteiger partial charge is 0.316 e. The van der Waals surface area contributed by atoms with Gasteiger partial charge in [-0.3, -0.25) is 0 Å². The fraction of sp³-hybridized carbons (Fsp3) is 0.385. The van der Waals surface area contributed by atoms with Gasteiger partial charge in [-0.2, -0.15) is 0 Å². The molecule has 1 spiro atoms. The van der Waals surface area contributed by atoms with E-state index in [1.165, 1.54) is 29.0 Å². The summed E-state index contributed by atoms with van der Waals surface area (Å²) in [5, 5.41) is 1.63. The predicted octanol–water partition coefficient (Wildman–Crippen LogP) is 3.68. The van der Waals surface area contributed by atoms with Crippen LogP contribution in [0.15, 0.2) is 18.5 Å². The zero-order valence-electron chi connectivity index (χ0n) is 9.98. The molecule has 2 aliphatic rings. The van der Waals surface area contributed by atoms with Gasteiger partial charge in [0.1, 0.15) is 5.15 Å². The minimum atomic E-state index is 0.326. The van der Waals surface area contributed by atoms with Crippen molar-refractivity contribution in [3.63, 3.8) is 0 Å². The summed E-state index contributed by atoms with van der Waals surface area (Å²) in [7, 11) is 0. The van der Waals surface area contributed by atoms with Gasteiger partial charge < -0.3 is 4.90 Å². The number of rotatable bonds is 1. The average Bonchev–Trinajstić information content (AvgIpc) is 2.88. The standard InChI is InChI=1S/C13H12ClN3S/c1-8-5-16-12(18-8)17-7-13(2-3-13)9-6-15-11(14)4-10(9)17/h4-6H,2-3,7H2,1H3. The molecule has 1 aliphatic carbocycles. The summed E-state index contributed by atoms with van der Waals surface area (Å²) in [4.78, 5) is 12.3. The molecule has 3 nitrogen and oxygen atoms in total. The van der Waals surface area contributed by atoms with Crippen LogP contribution in [0.5, 0.6) is 0 Å². The third-order valence-corrected chi connectivity index (χ3v) is 5.01. The Balaban J connectivity index is 1.86. The Labute approximate surface area is 114 Å². The Bertz CT molecular complexity index is 633. The summed E-state index contributed by atoms with van der Waals surface area (Å²) in [6.45, 7) is 3.11. The molecule has 0 N–H and O–H groups in total. The van der Waals surface area contributed by atoms with Gasteiger partial charge in [0.2, 0.25) is 0 Å². The number of anilines is 2. The van der Waals surface area contributed by atoms with E-state index in [4.69, 9.17) is 11.6 Å². The van der Waals surface area contributed by atoms with Crippen LogP contribution < -0.4 is 4.90 Å². The Hall–Kier alpha value is -1.13. The van der Waals surface area contributed by atoms with Crippen molar-refractivity contribution in [3.8, 4) is 0 Å². The van der Waals surface area contributed by atoms with Crippen molar-refractivity contribution in [2.45, 2.75) is 25.2 Å². The Morgan fingerprint density at radius 3 is 2.83 bits per heavy atom. The second-order valence-electron chi connectivity index (χ2n) is 5.14. The first-order chi connectivity index (χ1) is 8.68. The maximum Gasteiger partial charge on any atom is 0.190 e. The monoisotopic (exact) mass is 277 g/mol. The number of aromatic nitrogens is 2. The number of fused-ring (bicyclic) bond motifs is 2. The van der Waals surface area contributed by atoms with Gasteiger partial charge in [-0.1, -0.05) is 11.6 Å². The van der Waals surface area contributed by atoms with E-state index in [0.29, 0.717) is 10.6 Å². The van der Waals surface area contributed by atoms with Crippen LogP contribution in [0.25, 0.3) is 0 Å². The first-order valence-corrected chi connectivity index (χ1v) is 7.23. The van der Waals surface area contributed by atoms with Crippen molar-refractivity contribution in [1.29, 1.82) is 0 Å². The zero-order chi connectivity index (χ0) is 12.3. The molecule has 4 rings (SSSR count). The van der Waals surface area contributed by atoms with Crippen LogP contribution in [-0.4, -0.2) is 16.5 Å². The molecule has 0 unspecified atom stereocenters. The smallest absolute Gasteiger partial charge is 0.190 e. The molecule has 92 valence electrons. The highest BCUT2D eigenvalue weighted by atomic mass is 35.5. The van der Waals surface area contributed by atoms with Crippen molar-refractivity contribution >= 4 is 33.8 Å². The van der Waals surface area contributed by atoms with E-state index in [2.05, 4.69) is 21.8 Å². The normalized spacial score (nSPS) is 19.3. The molecule has 0 saturated heterocycles. The van der Waals surface area contributed by atoms with Crippen LogP contribution in [-0.2, 0) is 5.41 Å². The third-order valence-electron chi connectivity index (χ3n) is 3.87. The average molecular weight is 278 g/mol. The summed E-state index contributed by atoms with van der Waals surface area (Å²) in [5.41, 5.74) is 2.87. The number of hydrogen-bond donors (Lipinski definition) is 0. The molecular formula is C13H12ClN3S. The molecule has 5 heteroatoms. The lowest BCUT2D eigenvalue weighted by molar-refractivity contribution is 0.741. The van der Waals surface area contributed by atoms with E-state index >= 15 is 0 Å². The highest BCUT2D eigenvalue weighted by Crippen LogP contribution is 2.58. The van der Waals surface area contributed by atoms with Gasteiger partial charge in [0.05, 0.1) is 5.69 Å². The van der Waals surface area contributed by atoms with Crippen LogP contribution in [0, 0.1) is 6.92 Å². The molecule has 2 aromatic heterocycles. The molecule has 1 fully saturated rings. The number of pyridine rings is 1. The van der Waals surface area contributed by atoms with E-state index < -0.39 is 0 Å². The molecule has 18 heavy (non-hydrogen) atoms. The van der Waals surface area contributed by atoms with Crippen molar-refractivity contribution in [1.82, 2.24) is 9.97 Å². The maximum absolute atomic E-state index is 6.04. The number of nitrogens with zero attached hydrogens (tertiary/aromatic N) is 3. The van der Waals surface area contributed by atoms with Crippen LogP contribution in [0.2, 0.25) is 5.15 Å². The molecule has 0 radical (unpaired) electrons. The van der Waals surface area contributed by atoms with Crippen LogP contribution in [0.1, 0.15) is 23.3 Å². The Morgan fingerprint density at radius 1 is 1.33 bits per heavy atom. The van der Waals surface area contributed by atoms with Gasteiger partial charge in [0.15, 0.2) is 5.13 Å². The Kier molecular flexibility index (Phi) is 2.07. The minimum absolute atomic E-state index is 0.326. The van der Waals surface area contributed by atoms with E-state index in [1.807, 2.05) is 18.5 Å². The number of hydrogen-bond acceptors (Lipinski definition) is 4. The molecule has 2 aromatic rings. The quantitative estimate of drug-likeness (QED) is 0.745. The maximum atomic E-state index is 6.04. The molecule has 1 aliphatic heterocycles. The molecule has 0 aromatic carbocycles. The van der Waals surface area contributed by atoms with Gasteiger partial charge in [0.25, 0.3) is 0 Å². The number of aryl methyl sites for hydroxylation is 1. The van der Waals surface area contributed by atoms with E-state index in [0.717, 1.165) is 11.7 Å². The topological polar surface area (TPSA) is 29.0 Å². The predicted molar refractivity (Wildman–Crippen MR) is 74.0 cm³/mol. The summed E-state index contributed by atoms with van der Waals surface area (Å²) >= 11 is 7.77. The van der Waals surface area contributed by atoms with Gasteiger partial charge >= 0.3 is 0 Å². The lowest BCUT2D eigenvalue weighted by atomic mass is 10.0. The van der Waals surface area contributed by atoms with Crippen molar-refractivity contribution in [2.75, 3.05) is 11.4 Å². The first-order valence-electron chi connectivity index (χ1n) is 6.04. The highest BCUT2D eigenvalue weighted by Gasteiger charge is 2.52. The second kappa shape index (κ2) is 3.45. The third kappa shape index (κ3) is 1.42. The summed E-state index contributed by atoms with van der Waals surface area (Å²) in [6.07, 6.45) is 6.39. The van der Waals surface area contributed by atoms with Crippen molar-refractivity contribution in [2.24, 2.45) is 0 Å². The SMILES string of the molecule is Cc1cnc(N2CC3(CC3)c3cnc(Cl)cc32)s1. The van der Waals surface area contributed by atoms with Crippen LogP contribution in [0.3, 0.4) is 0 Å². The van der Waals surface area contributed by atoms with Gasteiger partial charge in [-0.05, 0) is 25.8 Å². The van der Waals surface area contributed by atoms with Crippen LogP contribution in [0.4, 0.5) is 10.8 Å². The van der Waals surface area contributed by atoms with Gasteiger partial charge in [-0.25, -0.2) is 9.97 Å². The summed E-state index contributed by atoms with van der Waals surface area (Å²) in [5.74, 6) is 0. The van der Waals surface area contributed by atoms with Crippen LogP contribution >= 0.6 is 22.9 Å². The first kappa shape index (κ1) is 10.8. The fourth-order valence-electron chi connectivity index (χ4n) is 2.74. The molecule has 0 atom stereocenters. The second-order valence-corrected chi connectivity index (χ2v) is 6.74. The van der Waals surface area contributed by atoms with Gasteiger partial charge in [-0.15, -0.1) is 11.3 Å². The molecule has 0 amide bonds. The molecular weight excluding hydrogens is 266 g/mol. The Morgan fingerprint density at radius 2 is 2.17 bits per heavy atom. The van der Waals surface area contributed by atoms with Gasteiger partial charge in [0, 0.05) is 34.8 Å². The van der Waals surface area contributed by atoms with Crippen molar-refractivity contribution in [3.05, 3.63) is 34.1 Å². The van der Waals surface area contributed by atoms with E-state index in [9.17, 15) is 0 Å². The lowest BCUT2D eigenvalue weighted by Crippen LogP contribution is -2.18. The fourth-order valence-corrected chi connectivity index (χ4v) is 3.67. The number of halogens is 1. The van der Waals surface area contributed by atoms with E-state index in [-0.39, 0.29) is 0 Å². The van der Waals surface area contributed by atoms with E-state index in [1.54, 1.807) is 11.3 Å². The van der Waals surface area contributed by atoms with Crippen molar-refractivity contribution < 1.29 is 0 Å². The highest BCUT2D eigenvalue weighted by molar-refractivity contribution is 7.15.